The standard InChI is InChI=1S/C31H34ClN3O8.C30H32ClN3O8.C20H23N3O6.C2H4O2/c32-24-6-1-4-22(16-24)20-9-11-21(12-10-20)27-18-25(43-35-27)13-14-29(38)34-26(7-3-15-42-19-36)28(37)17-23(31(33)41)5-2-8-30(39)40;31-22-5-1-3-20(15-22)18-7-9-19(10-8-18)25-17-23(42-34-25)11-13-27(36)33-24(12-14-29(39)40)26(35)16-21(30(32)41)4-2-6-28(37)38;21-18(25)9-8-17(24)15(7-11-20(27)28)22-19(26)10-6-14-12-16(23-29-14)13-4-2-1-3-5-13;1-2(3)4/h1,4,6,9-12,16,18-19,23,26H,2-3,5,7-8,13-15,17H2,(H2,33,41)(H,34,38)(H,39,40);1,3,5,7-10,15,17,21,24H,2,4,6,11-14,16H2,(H2,32,41)(H,33,36)(H,37,38)(H,39,40);1-5,12,15H,6-11H2,(H2,21,25)(H,22,26)(H,27,28);1H3,(H,3,4)/t23-,26+;21-,24+;15-;/m110./s1. The van der Waals surface area contributed by atoms with Crippen LogP contribution >= 0.6 is 23.2 Å². The maximum atomic E-state index is 13.0. The SMILES string of the molecule is CC(=O)O.NC(=O)CCC(=O)[C@H](CCC(=O)O)NC(=O)CCc1cc(-c2ccccc2)no1.NC(=O)[C@H](CCCC(=O)O)CC(=O)[C@H](CCC(=O)O)NC(=O)CCc1cc(-c2ccc(-c3cccc(Cl)c3)cc2)no1.NC(=O)[C@H](CCCC(=O)O)CC(=O)[C@H](CCCOC=O)NC(=O)CCc1cc(-c2ccc(-c3cccc(Cl)c3)cc2)no1. The van der Waals surface area contributed by atoms with Crippen LogP contribution in [0.25, 0.3) is 56.0 Å². The molecular weight excluding hydrogens is 1580 g/mol. The number of ether oxygens (including phenoxy) is 1. The summed E-state index contributed by atoms with van der Waals surface area (Å²) in [6.45, 7) is 1.43. The van der Waals surface area contributed by atoms with Crippen LogP contribution in [0, 0.1) is 11.8 Å². The average molecular weight is 1670 g/mol. The lowest BCUT2D eigenvalue weighted by atomic mass is 9.91. The number of carbonyl (C=O) groups excluding carboxylic acids is 10. The van der Waals surface area contributed by atoms with Crippen molar-refractivity contribution in [1.82, 2.24) is 31.4 Å². The molecule has 0 saturated carbocycles. The first-order valence-electron chi connectivity index (χ1n) is 37.4. The number of nitrogens with zero attached hydrogens (tertiary/aromatic N) is 3. The zero-order chi connectivity index (χ0) is 86.6. The summed E-state index contributed by atoms with van der Waals surface area (Å²) in [6.07, 6.45) is -0.394. The topological polar surface area (TPSA) is 559 Å². The summed E-state index contributed by atoms with van der Waals surface area (Å²) < 4.78 is 20.7. The molecule has 0 radical (unpaired) electrons. The second-order valence-corrected chi connectivity index (χ2v) is 27.8. The monoisotopic (exact) mass is 1670 g/mol. The number of aryl methyl sites for hydroxylation is 3. The maximum absolute atomic E-state index is 13.0. The van der Waals surface area contributed by atoms with Gasteiger partial charge < -0.3 is 77.0 Å². The number of carbonyl (C=O) groups is 15. The molecule has 0 saturated heterocycles. The number of hydrogen-bond acceptors (Lipinski definition) is 22. The Bertz CT molecular complexity index is 4700. The number of aliphatic carboxylic acids is 5. The molecule has 14 N–H and O–H groups in total. The molecule has 3 heterocycles. The highest BCUT2D eigenvalue weighted by molar-refractivity contribution is 6.31. The van der Waals surface area contributed by atoms with E-state index in [4.69, 9.17) is 84.3 Å². The minimum Gasteiger partial charge on any atom is -0.481 e. The van der Waals surface area contributed by atoms with Gasteiger partial charge >= 0.3 is 23.9 Å². The first-order valence-corrected chi connectivity index (χ1v) is 38.1. The lowest BCUT2D eigenvalue weighted by Gasteiger charge is -2.20. The number of nitrogens with one attached hydrogen (secondary N) is 3. The van der Waals surface area contributed by atoms with Gasteiger partial charge in [0.15, 0.2) is 17.3 Å². The molecule has 0 aliphatic rings. The zero-order valence-electron chi connectivity index (χ0n) is 64.4. The number of carboxylic acid groups (broad SMARTS) is 5. The number of amides is 6. The number of rotatable bonds is 48. The Hall–Kier alpha value is -13.0. The van der Waals surface area contributed by atoms with Gasteiger partial charge in [0.1, 0.15) is 34.4 Å². The third-order valence-corrected chi connectivity index (χ3v) is 18.2. The second kappa shape index (κ2) is 51.0. The normalized spacial score (nSPS) is 11.9. The Balaban J connectivity index is 0.000000314. The molecule has 33 nitrogen and oxygen atoms in total. The van der Waals surface area contributed by atoms with Crippen LogP contribution < -0.4 is 33.2 Å². The van der Waals surface area contributed by atoms with Crippen molar-refractivity contribution in [2.75, 3.05) is 6.61 Å². The van der Waals surface area contributed by atoms with Crippen molar-refractivity contribution in [3.63, 3.8) is 0 Å². The smallest absolute Gasteiger partial charge is 0.303 e. The number of aromatic nitrogens is 3. The minimum absolute atomic E-state index is 0.00875. The molecule has 0 unspecified atom stereocenters. The number of hydrogen-bond donors (Lipinski definition) is 11. The van der Waals surface area contributed by atoms with Crippen LogP contribution in [0.15, 0.2) is 159 Å². The lowest BCUT2D eigenvalue weighted by Crippen LogP contribution is -2.42. The predicted molar refractivity (Wildman–Crippen MR) is 427 cm³/mol. The van der Waals surface area contributed by atoms with E-state index >= 15 is 0 Å². The fraction of sp³-hybridized carbons (Fsp3) is 0.349. The average Bonchev–Trinajstić information content (AvgIpc) is 1.32. The van der Waals surface area contributed by atoms with Gasteiger partial charge in [-0.25, -0.2) is 0 Å². The summed E-state index contributed by atoms with van der Waals surface area (Å²) in [4.78, 5) is 173. The van der Waals surface area contributed by atoms with Gasteiger partial charge in [0.2, 0.25) is 35.4 Å². The lowest BCUT2D eigenvalue weighted by molar-refractivity contribution is -0.139. The predicted octanol–water partition coefficient (Wildman–Crippen LogP) is 10.2. The highest BCUT2D eigenvalue weighted by atomic mass is 35.5. The third-order valence-electron chi connectivity index (χ3n) is 17.7. The fourth-order valence-corrected chi connectivity index (χ4v) is 12.0. The van der Waals surface area contributed by atoms with Gasteiger partial charge in [0.25, 0.3) is 12.4 Å². The van der Waals surface area contributed by atoms with Gasteiger partial charge in [-0.2, -0.15) is 0 Å². The Labute approximate surface area is 687 Å². The highest BCUT2D eigenvalue weighted by Crippen LogP contribution is 2.30. The maximum Gasteiger partial charge on any atom is 0.303 e. The van der Waals surface area contributed by atoms with E-state index in [1.807, 2.05) is 121 Å². The quantitative estimate of drug-likeness (QED) is 0.0125. The molecule has 0 bridgehead atoms. The number of Topliss-reactive ketones (excluding diaryl/α,β-unsaturated/α-hetero) is 3. The largest absolute Gasteiger partial charge is 0.481 e. The molecule has 0 fully saturated rings. The van der Waals surface area contributed by atoms with Crippen LogP contribution in [0.4, 0.5) is 0 Å². The first-order chi connectivity index (χ1) is 56.2. The molecule has 0 aliphatic heterocycles. The van der Waals surface area contributed by atoms with E-state index in [1.54, 1.807) is 24.3 Å². The Morgan fingerprint density at radius 1 is 0.398 bits per heavy atom. The number of primary amides is 3. The Morgan fingerprint density at radius 3 is 1.08 bits per heavy atom. The van der Waals surface area contributed by atoms with Crippen molar-refractivity contribution in [2.24, 2.45) is 29.0 Å². The molecule has 118 heavy (non-hydrogen) atoms. The molecule has 8 rings (SSSR count). The van der Waals surface area contributed by atoms with Crippen molar-refractivity contribution in [2.45, 2.75) is 166 Å². The summed E-state index contributed by atoms with van der Waals surface area (Å²) in [5.41, 5.74) is 24.2. The number of nitrogens with two attached hydrogens (primary N) is 3. The van der Waals surface area contributed by atoms with Gasteiger partial charge in [-0.15, -0.1) is 0 Å². The summed E-state index contributed by atoms with van der Waals surface area (Å²) in [6, 6.07) is 42.0. The summed E-state index contributed by atoms with van der Waals surface area (Å²) in [5.74, 6) is -10.3. The molecule has 0 aliphatic carbocycles. The number of ketones is 3. The zero-order valence-corrected chi connectivity index (χ0v) is 65.9. The van der Waals surface area contributed by atoms with E-state index in [-0.39, 0.29) is 141 Å². The fourth-order valence-electron chi connectivity index (χ4n) is 11.6. The summed E-state index contributed by atoms with van der Waals surface area (Å²) in [7, 11) is 0. The number of halogens is 2. The van der Waals surface area contributed by atoms with E-state index in [0.29, 0.717) is 57.3 Å². The molecule has 35 heteroatoms. The molecule has 5 aromatic carbocycles. The van der Waals surface area contributed by atoms with Crippen molar-refractivity contribution < 1.29 is 116 Å². The minimum atomic E-state index is -1.15. The van der Waals surface area contributed by atoms with E-state index in [9.17, 15) is 67.1 Å². The van der Waals surface area contributed by atoms with Crippen LogP contribution in [-0.2, 0) is 95.9 Å². The van der Waals surface area contributed by atoms with E-state index < -0.39 is 113 Å². The van der Waals surface area contributed by atoms with E-state index in [1.165, 1.54) is 0 Å². The molecule has 0 spiro atoms. The van der Waals surface area contributed by atoms with Crippen molar-refractivity contribution in [3.05, 3.63) is 173 Å². The van der Waals surface area contributed by atoms with Gasteiger partial charge in [0.05, 0.1) is 24.7 Å². The molecular formula is C83H93Cl2N9O24. The van der Waals surface area contributed by atoms with Crippen LogP contribution in [0.2, 0.25) is 10.0 Å². The molecule has 5 atom stereocenters. The Morgan fingerprint density at radius 2 is 0.737 bits per heavy atom. The third kappa shape index (κ3) is 37.1. The van der Waals surface area contributed by atoms with E-state index in [0.717, 1.165) is 45.9 Å². The van der Waals surface area contributed by atoms with E-state index in [2.05, 4.69) is 36.2 Å². The van der Waals surface area contributed by atoms with Crippen LogP contribution in [0.3, 0.4) is 0 Å². The highest BCUT2D eigenvalue weighted by Gasteiger charge is 2.30. The van der Waals surface area contributed by atoms with Crippen molar-refractivity contribution >= 4 is 112 Å². The van der Waals surface area contributed by atoms with Gasteiger partial charge in [-0.3, -0.25) is 71.9 Å². The van der Waals surface area contributed by atoms with Crippen molar-refractivity contribution in [3.8, 4) is 56.0 Å². The van der Waals surface area contributed by atoms with Gasteiger partial charge in [0, 0.05) is 154 Å². The Kier molecular flexibility index (Phi) is 41.3. The summed E-state index contributed by atoms with van der Waals surface area (Å²) in [5, 5.41) is 64.2. The molecule has 3 aromatic heterocycles. The molecule has 6 amide bonds. The molecule has 8 aromatic rings. The second-order valence-electron chi connectivity index (χ2n) is 27.0. The van der Waals surface area contributed by atoms with Crippen LogP contribution in [0.5, 0.6) is 0 Å². The van der Waals surface area contributed by atoms with Crippen LogP contribution in [-0.4, -0.2) is 155 Å². The first kappa shape index (κ1) is 95.5. The van der Waals surface area contributed by atoms with Gasteiger partial charge in [-0.1, -0.05) is 142 Å². The summed E-state index contributed by atoms with van der Waals surface area (Å²) >= 11 is 12.2. The number of benzene rings is 5. The van der Waals surface area contributed by atoms with Gasteiger partial charge in [-0.05, 0) is 97.9 Å². The van der Waals surface area contributed by atoms with Crippen LogP contribution in [0.1, 0.15) is 146 Å². The molecule has 628 valence electrons. The number of carboxylic acids is 5. The van der Waals surface area contributed by atoms with Crippen molar-refractivity contribution in [1.29, 1.82) is 0 Å².